The Hall–Kier alpha value is -3.88. The molecule has 0 unspecified atom stereocenters. The highest BCUT2D eigenvalue weighted by atomic mass is 16.4. The van der Waals surface area contributed by atoms with Gasteiger partial charge in [-0.05, 0) is 43.3 Å². The van der Waals surface area contributed by atoms with Crippen molar-refractivity contribution in [2.75, 3.05) is 36.4 Å². The van der Waals surface area contributed by atoms with Crippen LogP contribution in [-0.4, -0.2) is 53.7 Å². The predicted octanol–water partition coefficient (Wildman–Crippen LogP) is 2.68. The van der Waals surface area contributed by atoms with E-state index in [-0.39, 0.29) is 29.2 Å². The van der Waals surface area contributed by atoms with E-state index >= 15 is 0 Å². The number of nitrogens with one attached hydrogen (secondary N) is 1. The summed E-state index contributed by atoms with van der Waals surface area (Å²) >= 11 is 0. The summed E-state index contributed by atoms with van der Waals surface area (Å²) in [5.41, 5.74) is 1.81. The van der Waals surface area contributed by atoms with Crippen molar-refractivity contribution in [2.45, 2.75) is 6.92 Å². The molecule has 1 aromatic carbocycles. The second-order valence-corrected chi connectivity index (χ2v) is 6.85. The molecule has 9 nitrogen and oxygen atoms in total. The number of benzene rings is 1. The normalized spacial score (nSPS) is 13.9. The van der Waals surface area contributed by atoms with E-state index in [9.17, 15) is 14.4 Å². The number of carbonyl (C=O) groups excluding carboxylic acids is 3. The van der Waals surface area contributed by atoms with Gasteiger partial charge in [0.2, 0.25) is 0 Å². The van der Waals surface area contributed by atoms with Crippen molar-refractivity contribution in [3.05, 3.63) is 65.9 Å². The molecule has 1 fully saturated rings. The second kappa shape index (κ2) is 8.24. The number of piperazine rings is 1. The van der Waals surface area contributed by atoms with E-state index in [1.54, 1.807) is 11.0 Å². The van der Waals surface area contributed by atoms with Gasteiger partial charge in [0, 0.05) is 37.4 Å². The molecule has 0 saturated carbocycles. The van der Waals surface area contributed by atoms with Gasteiger partial charge in [0.15, 0.2) is 17.2 Å². The molecular formula is C21H20N4O5. The van der Waals surface area contributed by atoms with Crippen molar-refractivity contribution < 1.29 is 23.2 Å². The molecule has 0 aliphatic carbocycles. The molecule has 2 amide bonds. The minimum Gasteiger partial charge on any atom is -0.459 e. The summed E-state index contributed by atoms with van der Waals surface area (Å²) in [5, 5.41) is 2.45. The van der Waals surface area contributed by atoms with Crippen molar-refractivity contribution in [1.82, 2.24) is 9.88 Å². The molecule has 2 aromatic heterocycles. The lowest BCUT2D eigenvalue weighted by Gasteiger charge is -2.35. The molecule has 9 heteroatoms. The fourth-order valence-electron chi connectivity index (χ4n) is 3.23. The number of oxazole rings is 1. The van der Waals surface area contributed by atoms with Crippen molar-refractivity contribution in [1.29, 1.82) is 0 Å². The molecule has 30 heavy (non-hydrogen) atoms. The number of anilines is 2. The largest absolute Gasteiger partial charge is 0.459 e. The second-order valence-electron chi connectivity index (χ2n) is 6.85. The molecule has 3 aromatic rings. The van der Waals surface area contributed by atoms with Crippen molar-refractivity contribution in [3.63, 3.8) is 0 Å². The Balaban J connectivity index is 1.33. The van der Waals surface area contributed by atoms with Gasteiger partial charge in [-0.1, -0.05) is 0 Å². The van der Waals surface area contributed by atoms with Crippen LogP contribution < -0.4 is 10.2 Å². The van der Waals surface area contributed by atoms with Gasteiger partial charge in [-0.2, -0.15) is 4.98 Å². The van der Waals surface area contributed by atoms with Gasteiger partial charge in [0.25, 0.3) is 11.8 Å². The summed E-state index contributed by atoms with van der Waals surface area (Å²) in [6.07, 6.45) is 2.61. The van der Waals surface area contributed by atoms with Crippen molar-refractivity contribution in [3.8, 4) is 0 Å². The van der Waals surface area contributed by atoms with E-state index < -0.39 is 5.91 Å². The maximum atomic E-state index is 12.7. The Kier molecular flexibility index (Phi) is 5.34. The SMILES string of the molecule is CC(=O)c1ccc(N2CCN(C(=O)c3coc(NC(=O)c4ccco4)n3)CC2)cc1. The van der Waals surface area contributed by atoms with Crippen LogP contribution in [0.3, 0.4) is 0 Å². The zero-order valence-corrected chi connectivity index (χ0v) is 16.3. The molecule has 0 spiro atoms. The smallest absolute Gasteiger partial charge is 0.302 e. The number of rotatable bonds is 5. The average molecular weight is 408 g/mol. The van der Waals surface area contributed by atoms with E-state index in [0.717, 1.165) is 5.69 Å². The molecule has 0 atom stereocenters. The quantitative estimate of drug-likeness (QED) is 0.647. The lowest BCUT2D eigenvalue weighted by molar-refractivity contribution is 0.0740. The number of amides is 2. The first kappa shape index (κ1) is 19.4. The minimum atomic E-state index is -0.509. The van der Waals surface area contributed by atoms with Crippen LogP contribution in [0, 0.1) is 0 Å². The van der Waals surface area contributed by atoms with Crippen LogP contribution in [0.2, 0.25) is 0 Å². The summed E-state index contributed by atoms with van der Waals surface area (Å²) in [6, 6.07) is 10.5. The van der Waals surface area contributed by atoms with Crippen molar-refractivity contribution in [2.24, 2.45) is 0 Å². The van der Waals surface area contributed by atoms with Gasteiger partial charge in [-0.15, -0.1) is 0 Å². The topological polar surface area (TPSA) is 109 Å². The predicted molar refractivity (Wildman–Crippen MR) is 108 cm³/mol. The number of Topliss-reactive ketones (excluding diaryl/α,β-unsaturated/α-hetero) is 1. The van der Waals surface area contributed by atoms with E-state index in [0.29, 0.717) is 31.7 Å². The highest BCUT2D eigenvalue weighted by molar-refractivity contribution is 6.01. The van der Waals surface area contributed by atoms with Gasteiger partial charge in [-0.25, -0.2) is 0 Å². The Morgan fingerprint density at radius 1 is 1.00 bits per heavy atom. The Bertz CT molecular complexity index is 1050. The molecule has 1 aliphatic heterocycles. The lowest BCUT2D eigenvalue weighted by atomic mass is 10.1. The number of hydrogen-bond donors (Lipinski definition) is 1. The average Bonchev–Trinajstić information content (AvgIpc) is 3.46. The molecular weight excluding hydrogens is 388 g/mol. The summed E-state index contributed by atoms with van der Waals surface area (Å²) in [6.45, 7) is 3.90. The van der Waals surface area contributed by atoms with Crippen LogP contribution in [0.4, 0.5) is 11.7 Å². The number of nitrogens with zero attached hydrogens (tertiary/aromatic N) is 3. The van der Waals surface area contributed by atoms with Crippen LogP contribution >= 0.6 is 0 Å². The van der Waals surface area contributed by atoms with Gasteiger partial charge < -0.3 is 18.6 Å². The third-order valence-electron chi connectivity index (χ3n) is 4.89. The number of furan rings is 1. The van der Waals surface area contributed by atoms with Crippen molar-refractivity contribution >= 4 is 29.3 Å². The lowest BCUT2D eigenvalue weighted by Crippen LogP contribution is -2.48. The maximum Gasteiger partial charge on any atom is 0.302 e. The Morgan fingerprint density at radius 2 is 1.73 bits per heavy atom. The molecule has 0 radical (unpaired) electrons. The fraction of sp³-hybridized carbons (Fsp3) is 0.238. The first-order chi connectivity index (χ1) is 14.5. The third-order valence-corrected chi connectivity index (χ3v) is 4.89. The third kappa shape index (κ3) is 4.09. The van der Waals surface area contributed by atoms with Gasteiger partial charge in [0.05, 0.1) is 6.26 Å². The highest BCUT2D eigenvalue weighted by Crippen LogP contribution is 2.19. The van der Waals surface area contributed by atoms with E-state index in [4.69, 9.17) is 8.83 Å². The molecule has 154 valence electrons. The fourth-order valence-corrected chi connectivity index (χ4v) is 3.23. The van der Waals surface area contributed by atoms with Gasteiger partial charge in [-0.3, -0.25) is 19.7 Å². The van der Waals surface area contributed by atoms with Crippen LogP contribution in [0.1, 0.15) is 38.3 Å². The maximum absolute atomic E-state index is 12.7. The summed E-state index contributed by atoms with van der Waals surface area (Å²) in [4.78, 5) is 44.0. The summed E-state index contributed by atoms with van der Waals surface area (Å²) < 4.78 is 10.2. The Labute approximate surface area is 172 Å². The molecule has 4 rings (SSSR count). The Morgan fingerprint density at radius 3 is 2.37 bits per heavy atom. The number of hydrogen-bond acceptors (Lipinski definition) is 7. The standard InChI is InChI=1S/C21H20N4O5/c1-14(26)15-4-6-16(7-5-15)24-8-10-25(11-9-24)20(28)17-13-30-21(22-17)23-19(27)18-3-2-12-29-18/h2-7,12-13H,8-11H2,1H3,(H,22,23,27). The van der Waals surface area contributed by atoms with Crippen LogP contribution in [0.5, 0.6) is 0 Å². The molecule has 1 aliphatic rings. The first-order valence-corrected chi connectivity index (χ1v) is 9.47. The van der Waals surface area contributed by atoms with Crippen LogP contribution in [-0.2, 0) is 0 Å². The summed E-state index contributed by atoms with van der Waals surface area (Å²) in [7, 11) is 0. The monoisotopic (exact) mass is 408 g/mol. The number of aromatic nitrogens is 1. The van der Waals surface area contributed by atoms with Crippen LogP contribution in [0.15, 0.2) is 57.8 Å². The highest BCUT2D eigenvalue weighted by Gasteiger charge is 2.25. The molecule has 3 heterocycles. The molecule has 0 bridgehead atoms. The van der Waals surface area contributed by atoms with Gasteiger partial charge in [0.1, 0.15) is 6.26 Å². The van der Waals surface area contributed by atoms with E-state index in [1.807, 2.05) is 24.3 Å². The van der Waals surface area contributed by atoms with Crippen LogP contribution in [0.25, 0.3) is 0 Å². The number of ketones is 1. The zero-order valence-electron chi connectivity index (χ0n) is 16.3. The molecule has 1 N–H and O–H groups in total. The molecule has 1 saturated heterocycles. The first-order valence-electron chi connectivity index (χ1n) is 9.47. The van der Waals surface area contributed by atoms with Gasteiger partial charge >= 0.3 is 6.01 Å². The number of carbonyl (C=O) groups is 3. The van der Waals surface area contributed by atoms with E-state index in [1.165, 1.54) is 25.5 Å². The van der Waals surface area contributed by atoms with E-state index in [2.05, 4.69) is 15.2 Å². The minimum absolute atomic E-state index is 0.0318. The summed E-state index contributed by atoms with van der Waals surface area (Å²) in [5.74, 6) is -0.619. The zero-order chi connectivity index (χ0) is 21.1.